The highest BCUT2D eigenvalue weighted by Gasteiger charge is 2.29. The summed E-state index contributed by atoms with van der Waals surface area (Å²) in [5, 5.41) is 20.6. The van der Waals surface area contributed by atoms with Gasteiger partial charge in [-0.05, 0) is 37.3 Å². The predicted molar refractivity (Wildman–Crippen MR) is 116 cm³/mol. The van der Waals surface area contributed by atoms with Crippen LogP contribution in [0.5, 0.6) is 23.0 Å². The van der Waals surface area contributed by atoms with Crippen molar-refractivity contribution in [3.63, 3.8) is 0 Å². The van der Waals surface area contributed by atoms with Crippen LogP contribution in [-0.4, -0.2) is 60.8 Å². The Hall–Kier alpha value is -4.05. The molecule has 1 aliphatic rings. The maximum absolute atomic E-state index is 12.7. The van der Waals surface area contributed by atoms with Gasteiger partial charge in [0.05, 0.1) is 25.9 Å². The van der Waals surface area contributed by atoms with Crippen molar-refractivity contribution in [3.8, 4) is 23.0 Å². The zero-order valence-corrected chi connectivity index (χ0v) is 18.2. The number of ketones is 1. The maximum atomic E-state index is 12.7. The number of fused-ring (bicyclic) bond motifs is 1. The van der Waals surface area contributed by atoms with E-state index in [9.17, 15) is 19.5 Å². The maximum Gasteiger partial charge on any atom is 0.328 e. The van der Waals surface area contributed by atoms with E-state index in [4.69, 9.17) is 24.1 Å². The van der Waals surface area contributed by atoms with Gasteiger partial charge in [0, 0.05) is 17.7 Å². The van der Waals surface area contributed by atoms with Gasteiger partial charge in [-0.2, -0.15) is 0 Å². The van der Waals surface area contributed by atoms with Gasteiger partial charge in [-0.25, -0.2) is 4.79 Å². The highest BCUT2D eigenvalue weighted by atomic mass is 16.5. The van der Waals surface area contributed by atoms with Gasteiger partial charge in [0.25, 0.3) is 5.91 Å². The Morgan fingerprint density at radius 3 is 2.48 bits per heavy atom. The molecule has 0 saturated carbocycles. The number of carboxylic acids is 1. The highest BCUT2D eigenvalue weighted by molar-refractivity contribution is 6.14. The Labute approximate surface area is 189 Å². The zero-order chi connectivity index (χ0) is 24.1. The molecule has 2 aromatic rings. The second kappa shape index (κ2) is 10.0. The zero-order valence-electron chi connectivity index (χ0n) is 18.2. The number of benzene rings is 2. The molecule has 0 radical (unpaired) electrons. The number of amides is 1. The summed E-state index contributed by atoms with van der Waals surface area (Å²) in [5.74, 6) is -0.736. The van der Waals surface area contributed by atoms with E-state index in [1.54, 1.807) is 24.3 Å². The quantitative estimate of drug-likeness (QED) is 0.479. The topological polar surface area (TPSA) is 141 Å². The summed E-state index contributed by atoms with van der Waals surface area (Å²) < 4.78 is 21.6. The molecule has 0 unspecified atom stereocenters. The number of hydrogen-bond acceptors (Lipinski definition) is 8. The van der Waals surface area contributed by atoms with Crippen molar-refractivity contribution in [1.29, 1.82) is 0 Å². The lowest BCUT2D eigenvalue weighted by Crippen LogP contribution is -2.49. The third-order valence-corrected chi connectivity index (χ3v) is 4.80. The fourth-order valence-corrected chi connectivity index (χ4v) is 3.09. The largest absolute Gasteiger partial charge is 0.497 e. The average molecular weight is 457 g/mol. The van der Waals surface area contributed by atoms with Crippen molar-refractivity contribution in [2.45, 2.75) is 19.1 Å². The van der Waals surface area contributed by atoms with E-state index in [-0.39, 0.29) is 23.0 Å². The number of carbonyl (C=O) groups excluding carboxylic acids is 2. The van der Waals surface area contributed by atoms with Gasteiger partial charge >= 0.3 is 5.97 Å². The number of nitrogens with one attached hydrogen (secondary N) is 1. The minimum Gasteiger partial charge on any atom is -0.497 e. The fourth-order valence-electron chi connectivity index (χ4n) is 3.09. The molecular weight excluding hydrogens is 434 g/mol. The standard InChI is InChI=1S/C23H23NO9/c1-12(25)21(23(28)29)24-20(26)11-32-15-6-7-16-18(10-15)33-19(22(16)27)8-13-4-5-14(30-2)9-17(13)31-3/h4-10,12,21,25H,11H2,1-3H3,(H,24,26)(H,28,29)/t12-,21-/m1/s1. The molecule has 174 valence electrons. The van der Waals surface area contributed by atoms with Gasteiger partial charge < -0.3 is 34.5 Å². The molecule has 1 aliphatic heterocycles. The van der Waals surface area contributed by atoms with Crippen LogP contribution in [0.15, 0.2) is 42.2 Å². The lowest BCUT2D eigenvalue weighted by atomic mass is 10.1. The van der Waals surface area contributed by atoms with Gasteiger partial charge in [-0.1, -0.05) is 0 Å². The summed E-state index contributed by atoms with van der Waals surface area (Å²) in [5.41, 5.74) is 0.944. The second-order valence-electron chi connectivity index (χ2n) is 7.12. The average Bonchev–Trinajstić information content (AvgIpc) is 3.10. The van der Waals surface area contributed by atoms with E-state index in [1.807, 2.05) is 0 Å². The molecule has 3 N–H and O–H groups in total. The summed E-state index contributed by atoms with van der Waals surface area (Å²) >= 11 is 0. The van der Waals surface area contributed by atoms with Crippen LogP contribution in [0.3, 0.4) is 0 Å². The predicted octanol–water partition coefficient (Wildman–Crippen LogP) is 1.65. The van der Waals surface area contributed by atoms with E-state index >= 15 is 0 Å². The number of hydrogen-bond donors (Lipinski definition) is 3. The number of aliphatic hydroxyl groups is 1. The van der Waals surface area contributed by atoms with Crippen LogP contribution in [0.25, 0.3) is 6.08 Å². The van der Waals surface area contributed by atoms with E-state index in [2.05, 4.69) is 5.32 Å². The Kier molecular flexibility index (Phi) is 7.19. The van der Waals surface area contributed by atoms with E-state index < -0.39 is 30.6 Å². The fraction of sp³-hybridized carbons (Fsp3) is 0.261. The molecule has 0 spiro atoms. The van der Waals surface area contributed by atoms with Crippen molar-refractivity contribution >= 4 is 23.7 Å². The summed E-state index contributed by atoms with van der Waals surface area (Å²) in [6.45, 7) is 0.760. The summed E-state index contributed by atoms with van der Waals surface area (Å²) in [7, 11) is 3.04. The summed E-state index contributed by atoms with van der Waals surface area (Å²) in [4.78, 5) is 35.7. The molecular formula is C23H23NO9. The monoisotopic (exact) mass is 457 g/mol. The molecule has 0 bridgehead atoms. The number of methoxy groups -OCH3 is 2. The molecule has 10 heteroatoms. The lowest BCUT2D eigenvalue weighted by Gasteiger charge is -2.17. The van der Waals surface area contributed by atoms with Gasteiger partial charge in [-0.3, -0.25) is 9.59 Å². The number of ether oxygens (including phenoxy) is 4. The Balaban J connectivity index is 1.70. The first kappa shape index (κ1) is 23.6. The molecule has 0 saturated heterocycles. The van der Waals surface area contributed by atoms with Crippen molar-refractivity contribution in [3.05, 3.63) is 53.3 Å². The normalized spacial score (nSPS) is 15.3. The molecule has 3 rings (SSSR count). The first-order valence-corrected chi connectivity index (χ1v) is 9.86. The number of carboxylic acid groups (broad SMARTS) is 1. The van der Waals surface area contributed by atoms with Crippen molar-refractivity contribution in [2.75, 3.05) is 20.8 Å². The SMILES string of the molecule is COc1ccc(C=C2Oc3cc(OCC(=O)N[C@@H](C(=O)O)[C@@H](C)O)ccc3C2=O)c(OC)c1. The molecule has 33 heavy (non-hydrogen) atoms. The molecule has 1 heterocycles. The molecule has 1 amide bonds. The molecule has 2 aromatic carbocycles. The number of aliphatic hydroxyl groups excluding tert-OH is 1. The van der Waals surface area contributed by atoms with Crippen LogP contribution in [0.1, 0.15) is 22.8 Å². The van der Waals surface area contributed by atoms with Crippen LogP contribution >= 0.6 is 0 Å². The first-order chi connectivity index (χ1) is 15.7. The van der Waals surface area contributed by atoms with Crippen LogP contribution in [0.2, 0.25) is 0 Å². The van der Waals surface area contributed by atoms with Crippen LogP contribution in [-0.2, 0) is 9.59 Å². The van der Waals surface area contributed by atoms with Crippen LogP contribution in [0.4, 0.5) is 0 Å². The number of Topliss-reactive ketones (excluding diaryl/α,β-unsaturated/α-hetero) is 1. The second-order valence-corrected chi connectivity index (χ2v) is 7.12. The lowest BCUT2D eigenvalue weighted by molar-refractivity contribution is -0.145. The smallest absolute Gasteiger partial charge is 0.328 e. The summed E-state index contributed by atoms with van der Waals surface area (Å²) in [6, 6.07) is 8.14. The number of rotatable bonds is 9. The van der Waals surface area contributed by atoms with Gasteiger partial charge in [0.15, 0.2) is 18.4 Å². The van der Waals surface area contributed by atoms with Crippen molar-refractivity contribution in [1.82, 2.24) is 5.32 Å². The third-order valence-electron chi connectivity index (χ3n) is 4.80. The van der Waals surface area contributed by atoms with Gasteiger partial charge in [0.2, 0.25) is 5.78 Å². The number of allylic oxidation sites excluding steroid dienone is 1. The molecule has 2 atom stereocenters. The highest BCUT2D eigenvalue weighted by Crippen LogP contribution is 2.36. The Bertz CT molecular complexity index is 1110. The van der Waals surface area contributed by atoms with E-state index in [0.29, 0.717) is 22.6 Å². The van der Waals surface area contributed by atoms with Crippen molar-refractivity contribution in [2.24, 2.45) is 0 Å². The van der Waals surface area contributed by atoms with Crippen molar-refractivity contribution < 1.29 is 43.5 Å². The number of aliphatic carboxylic acids is 1. The van der Waals surface area contributed by atoms with Gasteiger partial charge in [-0.15, -0.1) is 0 Å². The first-order valence-electron chi connectivity index (χ1n) is 9.86. The minimum atomic E-state index is -1.45. The summed E-state index contributed by atoms with van der Waals surface area (Å²) in [6.07, 6.45) is 0.275. The Morgan fingerprint density at radius 2 is 1.85 bits per heavy atom. The molecule has 0 fully saturated rings. The van der Waals surface area contributed by atoms with Crippen LogP contribution in [0, 0.1) is 0 Å². The molecule has 0 aliphatic carbocycles. The van der Waals surface area contributed by atoms with E-state index in [1.165, 1.54) is 39.3 Å². The van der Waals surface area contributed by atoms with Gasteiger partial charge in [0.1, 0.15) is 23.0 Å². The minimum absolute atomic E-state index is 0.0876. The third kappa shape index (κ3) is 5.42. The molecule has 0 aromatic heterocycles. The van der Waals surface area contributed by atoms with Crippen LogP contribution < -0.4 is 24.3 Å². The van der Waals surface area contributed by atoms with E-state index in [0.717, 1.165) is 0 Å². The Morgan fingerprint density at radius 1 is 1.12 bits per heavy atom. The molecule has 10 nitrogen and oxygen atoms in total. The number of carbonyl (C=O) groups is 3.